The van der Waals surface area contributed by atoms with Crippen molar-refractivity contribution in [2.45, 2.75) is 50.9 Å². The van der Waals surface area contributed by atoms with E-state index in [-0.39, 0.29) is 25.2 Å². The third-order valence-corrected chi connectivity index (χ3v) is 9.87. The highest BCUT2D eigenvalue weighted by atomic mass is 16.6. The van der Waals surface area contributed by atoms with Crippen molar-refractivity contribution >= 4 is 34.3 Å². The molecule has 0 spiro atoms. The average Bonchev–Trinajstić information content (AvgIpc) is 3.53. The van der Waals surface area contributed by atoms with Crippen molar-refractivity contribution in [3.8, 4) is 6.07 Å². The van der Waals surface area contributed by atoms with E-state index in [0.29, 0.717) is 38.2 Å². The maximum Gasteiger partial charge on any atom is 0.410 e. The lowest BCUT2D eigenvalue weighted by Gasteiger charge is -2.42. The van der Waals surface area contributed by atoms with Crippen LogP contribution in [-0.2, 0) is 24.3 Å². The van der Waals surface area contributed by atoms with Gasteiger partial charge in [0, 0.05) is 55.4 Å². The summed E-state index contributed by atoms with van der Waals surface area (Å²) in [5.41, 5.74) is 4.33. The number of hydrogen-bond acceptors (Lipinski definition) is 9. The SMILES string of the molecule is CN1CCC[C@H]1CNc1nc2c(c(N3CCN(C(=O)OCc4ccccc4)[C@@H](CC#N)C3)n1)CCN(c1cccc3ccccc13)C2. The number of rotatable bonds is 8. The van der Waals surface area contributed by atoms with Crippen molar-refractivity contribution < 1.29 is 9.53 Å². The molecule has 2 saturated heterocycles. The largest absolute Gasteiger partial charge is 0.445 e. The monoisotopic (exact) mass is 630 g/mol. The Morgan fingerprint density at radius 1 is 0.957 bits per heavy atom. The zero-order valence-corrected chi connectivity index (χ0v) is 27.0. The molecule has 0 saturated carbocycles. The van der Waals surface area contributed by atoms with E-state index in [0.717, 1.165) is 55.1 Å². The fraction of sp³-hybridized carbons (Fsp3) is 0.405. The summed E-state index contributed by atoms with van der Waals surface area (Å²) in [6.45, 7) is 5.21. The quantitative estimate of drug-likeness (QED) is 0.273. The van der Waals surface area contributed by atoms with Gasteiger partial charge in [0.15, 0.2) is 0 Å². The molecule has 10 nitrogen and oxygen atoms in total. The Morgan fingerprint density at radius 2 is 1.79 bits per heavy atom. The van der Waals surface area contributed by atoms with Crippen LogP contribution in [0.4, 0.5) is 22.2 Å². The molecule has 47 heavy (non-hydrogen) atoms. The molecule has 0 bridgehead atoms. The van der Waals surface area contributed by atoms with Crippen LogP contribution < -0.4 is 15.1 Å². The van der Waals surface area contributed by atoms with Crippen LogP contribution in [0.25, 0.3) is 10.8 Å². The van der Waals surface area contributed by atoms with Gasteiger partial charge in [-0.25, -0.2) is 9.78 Å². The smallest absolute Gasteiger partial charge is 0.410 e. The molecule has 2 fully saturated rings. The molecule has 0 radical (unpaired) electrons. The predicted molar refractivity (Wildman–Crippen MR) is 184 cm³/mol. The summed E-state index contributed by atoms with van der Waals surface area (Å²) in [5.74, 6) is 1.55. The van der Waals surface area contributed by atoms with Gasteiger partial charge < -0.3 is 29.7 Å². The van der Waals surface area contributed by atoms with Crippen molar-refractivity contribution in [3.63, 3.8) is 0 Å². The van der Waals surface area contributed by atoms with Gasteiger partial charge >= 0.3 is 6.09 Å². The first-order chi connectivity index (χ1) is 23.1. The molecule has 1 amide bonds. The van der Waals surface area contributed by atoms with Crippen molar-refractivity contribution in [2.75, 3.05) is 61.4 Å². The van der Waals surface area contributed by atoms with Crippen LogP contribution in [0.2, 0.25) is 0 Å². The van der Waals surface area contributed by atoms with E-state index in [4.69, 9.17) is 14.7 Å². The molecule has 1 N–H and O–H groups in total. The third-order valence-electron chi connectivity index (χ3n) is 9.87. The van der Waals surface area contributed by atoms with Crippen molar-refractivity contribution in [1.82, 2.24) is 19.8 Å². The molecule has 1 aromatic heterocycles. The normalized spacial score (nSPS) is 19.8. The van der Waals surface area contributed by atoms with E-state index in [1.54, 1.807) is 4.90 Å². The minimum atomic E-state index is -0.382. The zero-order chi connectivity index (χ0) is 32.2. The van der Waals surface area contributed by atoms with Crippen LogP contribution in [0.5, 0.6) is 0 Å². The second kappa shape index (κ2) is 13.9. The molecule has 3 aliphatic rings. The van der Waals surface area contributed by atoms with Crippen molar-refractivity contribution in [2.24, 2.45) is 0 Å². The van der Waals surface area contributed by atoms with Gasteiger partial charge in [-0.1, -0.05) is 66.7 Å². The van der Waals surface area contributed by atoms with Gasteiger partial charge in [-0.2, -0.15) is 10.2 Å². The first-order valence-electron chi connectivity index (χ1n) is 16.7. The number of carbonyl (C=O) groups excluding carboxylic acids is 1. The topological polar surface area (TPSA) is 101 Å². The Hall–Kier alpha value is -4.88. The fourth-order valence-corrected chi connectivity index (χ4v) is 7.26. The van der Waals surface area contributed by atoms with Gasteiger partial charge in [-0.05, 0) is 49.9 Å². The molecular weight excluding hydrogens is 588 g/mol. The number of hydrogen-bond donors (Lipinski definition) is 1. The number of carbonyl (C=O) groups is 1. The number of likely N-dealkylation sites (N-methyl/N-ethyl adjacent to an activating group) is 1. The molecule has 2 atom stereocenters. The van der Waals surface area contributed by atoms with Crippen LogP contribution in [-0.4, -0.2) is 84.3 Å². The summed E-state index contributed by atoms with van der Waals surface area (Å²) >= 11 is 0. The Bertz CT molecular complexity index is 1750. The number of nitrogens with one attached hydrogen (secondary N) is 1. The first kappa shape index (κ1) is 30.8. The molecule has 7 rings (SSSR count). The Kier molecular flexibility index (Phi) is 9.07. The maximum absolute atomic E-state index is 13.2. The number of fused-ring (bicyclic) bond motifs is 2. The summed E-state index contributed by atoms with van der Waals surface area (Å²) in [6.07, 6.45) is 3.01. The maximum atomic E-state index is 13.2. The third kappa shape index (κ3) is 6.67. The Balaban J connectivity index is 1.15. The first-order valence-corrected chi connectivity index (χ1v) is 16.7. The van der Waals surface area contributed by atoms with Crippen molar-refractivity contribution in [3.05, 3.63) is 89.6 Å². The second-order valence-electron chi connectivity index (χ2n) is 12.8. The lowest BCUT2D eigenvalue weighted by molar-refractivity contribution is 0.0768. The molecule has 0 unspecified atom stereocenters. The van der Waals surface area contributed by atoms with Gasteiger partial charge in [0.2, 0.25) is 5.95 Å². The molecule has 10 heteroatoms. The molecule has 4 aromatic rings. The van der Waals surface area contributed by atoms with E-state index in [9.17, 15) is 10.1 Å². The summed E-state index contributed by atoms with van der Waals surface area (Å²) < 4.78 is 5.68. The van der Waals surface area contributed by atoms with Crippen LogP contribution in [0.15, 0.2) is 72.8 Å². The van der Waals surface area contributed by atoms with Gasteiger partial charge in [-0.15, -0.1) is 0 Å². The summed E-state index contributed by atoms with van der Waals surface area (Å²) in [6, 6.07) is 27.2. The highest BCUT2D eigenvalue weighted by molar-refractivity contribution is 5.94. The molecular formula is C37H42N8O2. The molecule has 3 aliphatic heterocycles. The number of ether oxygens (including phenoxy) is 1. The van der Waals surface area contributed by atoms with Gasteiger partial charge in [0.1, 0.15) is 12.4 Å². The van der Waals surface area contributed by atoms with E-state index < -0.39 is 0 Å². The van der Waals surface area contributed by atoms with E-state index >= 15 is 0 Å². The predicted octanol–water partition coefficient (Wildman–Crippen LogP) is 5.44. The number of benzene rings is 3. The van der Waals surface area contributed by atoms with Crippen LogP contribution >= 0.6 is 0 Å². The Morgan fingerprint density at radius 3 is 2.62 bits per heavy atom. The summed E-state index contributed by atoms with van der Waals surface area (Å²) in [7, 11) is 2.18. The minimum Gasteiger partial charge on any atom is -0.445 e. The minimum absolute atomic E-state index is 0.205. The van der Waals surface area contributed by atoms with Gasteiger partial charge in [-0.3, -0.25) is 0 Å². The molecule has 4 heterocycles. The number of amides is 1. The zero-order valence-electron chi connectivity index (χ0n) is 27.0. The van der Waals surface area contributed by atoms with Crippen LogP contribution in [0, 0.1) is 11.3 Å². The van der Waals surface area contributed by atoms with Crippen LogP contribution in [0.1, 0.15) is 36.1 Å². The Labute approximate surface area is 276 Å². The summed E-state index contributed by atoms with van der Waals surface area (Å²) in [5, 5.41) is 15.8. The van der Waals surface area contributed by atoms with E-state index in [2.05, 4.69) is 75.6 Å². The highest BCUT2D eigenvalue weighted by Crippen LogP contribution is 2.34. The second-order valence-corrected chi connectivity index (χ2v) is 12.8. The summed E-state index contributed by atoms with van der Waals surface area (Å²) in [4.78, 5) is 32.3. The van der Waals surface area contributed by atoms with Crippen LogP contribution in [0.3, 0.4) is 0 Å². The lowest BCUT2D eigenvalue weighted by Crippen LogP contribution is -2.55. The molecule has 3 aromatic carbocycles. The average molecular weight is 631 g/mol. The van der Waals surface area contributed by atoms with E-state index in [1.807, 2.05) is 30.3 Å². The number of likely N-dealkylation sites (tertiary alicyclic amines) is 1. The highest BCUT2D eigenvalue weighted by Gasteiger charge is 2.35. The number of aromatic nitrogens is 2. The lowest BCUT2D eigenvalue weighted by atomic mass is 10.0. The number of piperazine rings is 1. The standard InChI is InChI=1S/C37H42N8O2/c1-42-19-8-13-29(42)23-39-36-40-33-25-43(34-15-7-12-28-11-5-6-14-31(28)34)20-17-32(33)35(41-36)44-21-22-45(30(24-44)16-18-38)37(46)47-26-27-9-3-2-4-10-27/h2-7,9-12,14-15,29-30H,8,13,16-17,19-26H2,1H3,(H,39,40,41)/t29-,30-/m0/s1. The molecule has 242 valence electrons. The number of nitriles is 1. The van der Waals surface area contributed by atoms with Gasteiger partial charge in [0.25, 0.3) is 0 Å². The number of anilines is 3. The van der Waals surface area contributed by atoms with E-state index in [1.165, 1.54) is 22.9 Å². The van der Waals surface area contributed by atoms with Crippen molar-refractivity contribution in [1.29, 1.82) is 5.26 Å². The fourth-order valence-electron chi connectivity index (χ4n) is 7.26. The number of nitrogens with zero attached hydrogens (tertiary/aromatic N) is 7. The molecule has 0 aliphatic carbocycles. The van der Waals surface area contributed by atoms with Gasteiger partial charge in [0.05, 0.1) is 30.8 Å².